The highest BCUT2D eigenvalue weighted by Gasteiger charge is 2.19. The van der Waals surface area contributed by atoms with Gasteiger partial charge in [0.25, 0.3) is 0 Å². The third-order valence-electron chi connectivity index (χ3n) is 3.06. The van der Waals surface area contributed by atoms with Crippen LogP contribution in [0.1, 0.15) is 11.3 Å². The first-order chi connectivity index (χ1) is 8.54. The Morgan fingerprint density at radius 1 is 1.56 bits per heavy atom. The van der Waals surface area contributed by atoms with Gasteiger partial charge in [0.1, 0.15) is 11.8 Å². The van der Waals surface area contributed by atoms with Crippen LogP contribution in [0, 0.1) is 6.92 Å². The molecule has 0 radical (unpaired) electrons. The van der Waals surface area contributed by atoms with Crippen molar-refractivity contribution in [2.24, 2.45) is 5.73 Å². The van der Waals surface area contributed by atoms with E-state index in [1.165, 1.54) is 0 Å². The minimum atomic E-state index is -1.00. The quantitative estimate of drug-likeness (QED) is 0.763. The van der Waals surface area contributed by atoms with Crippen molar-refractivity contribution >= 4 is 16.9 Å². The number of fused-ring (bicyclic) bond motifs is 1. The fourth-order valence-corrected chi connectivity index (χ4v) is 2.14. The Morgan fingerprint density at radius 2 is 2.28 bits per heavy atom. The molecule has 1 aromatic heterocycles. The Morgan fingerprint density at radius 3 is 2.89 bits per heavy atom. The van der Waals surface area contributed by atoms with Gasteiger partial charge in [0.15, 0.2) is 0 Å². The van der Waals surface area contributed by atoms with E-state index in [9.17, 15) is 4.79 Å². The van der Waals surface area contributed by atoms with Gasteiger partial charge in [-0.05, 0) is 24.6 Å². The minimum Gasteiger partial charge on any atom is -0.496 e. The number of aromatic amines is 1. The number of benzene rings is 1. The SMILES string of the molecule is COc1cccc2[nH]c(C)c(C[C@H](N)C(=O)O)c12. The van der Waals surface area contributed by atoms with E-state index in [1.54, 1.807) is 7.11 Å². The summed E-state index contributed by atoms with van der Waals surface area (Å²) in [7, 11) is 1.60. The summed E-state index contributed by atoms with van der Waals surface area (Å²) in [5, 5.41) is 9.82. The topological polar surface area (TPSA) is 88.3 Å². The summed E-state index contributed by atoms with van der Waals surface area (Å²) in [5.41, 5.74) is 8.36. The summed E-state index contributed by atoms with van der Waals surface area (Å²) in [6.07, 6.45) is 0.279. The van der Waals surface area contributed by atoms with Crippen LogP contribution in [-0.2, 0) is 11.2 Å². The van der Waals surface area contributed by atoms with E-state index in [-0.39, 0.29) is 6.42 Å². The summed E-state index contributed by atoms with van der Waals surface area (Å²) >= 11 is 0. The molecule has 2 aromatic rings. The van der Waals surface area contributed by atoms with E-state index in [2.05, 4.69) is 4.98 Å². The molecule has 0 aliphatic carbocycles. The number of nitrogens with one attached hydrogen (secondary N) is 1. The third kappa shape index (κ3) is 2.04. The number of aryl methyl sites for hydroxylation is 1. The lowest BCUT2D eigenvalue weighted by Gasteiger charge is -2.08. The molecular weight excluding hydrogens is 232 g/mol. The standard InChI is InChI=1S/C13H16N2O3/c1-7-8(6-9(14)13(16)17)12-10(15-7)4-3-5-11(12)18-2/h3-5,9,15H,6,14H2,1-2H3,(H,16,17)/t9-/m0/s1. The van der Waals surface area contributed by atoms with E-state index in [1.807, 2.05) is 25.1 Å². The summed E-state index contributed by atoms with van der Waals surface area (Å²) in [6, 6.07) is 4.76. The molecule has 18 heavy (non-hydrogen) atoms. The Balaban J connectivity index is 2.55. The van der Waals surface area contributed by atoms with Crippen molar-refractivity contribution in [2.75, 3.05) is 7.11 Å². The minimum absolute atomic E-state index is 0.279. The number of hydrogen-bond acceptors (Lipinski definition) is 3. The van der Waals surface area contributed by atoms with Gasteiger partial charge in [-0.3, -0.25) is 4.79 Å². The van der Waals surface area contributed by atoms with Crippen LogP contribution in [0.4, 0.5) is 0 Å². The zero-order valence-electron chi connectivity index (χ0n) is 10.4. The smallest absolute Gasteiger partial charge is 0.320 e. The van der Waals surface area contributed by atoms with E-state index >= 15 is 0 Å². The average molecular weight is 248 g/mol. The highest BCUT2D eigenvalue weighted by Crippen LogP contribution is 2.31. The van der Waals surface area contributed by atoms with Gasteiger partial charge in [-0.1, -0.05) is 6.07 Å². The van der Waals surface area contributed by atoms with Gasteiger partial charge < -0.3 is 20.6 Å². The molecule has 1 heterocycles. The van der Waals surface area contributed by atoms with Crippen LogP contribution < -0.4 is 10.5 Å². The van der Waals surface area contributed by atoms with Crippen molar-refractivity contribution in [3.8, 4) is 5.75 Å². The zero-order valence-corrected chi connectivity index (χ0v) is 10.4. The van der Waals surface area contributed by atoms with Gasteiger partial charge >= 0.3 is 5.97 Å². The first-order valence-electron chi connectivity index (χ1n) is 5.67. The van der Waals surface area contributed by atoms with Gasteiger partial charge in [-0.15, -0.1) is 0 Å². The van der Waals surface area contributed by atoms with Crippen molar-refractivity contribution < 1.29 is 14.6 Å². The molecule has 0 saturated heterocycles. The Labute approximate surface area is 105 Å². The zero-order chi connectivity index (χ0) is 13.3. The fourth-order valence-electron chi connectivity index (χ4n) is 2.14. The molecule has 5 nitrogen and oxygen atoms in total. The van der Waals surface area contributed by atoms with Crippen LogP contribution in [0.5, 0.6) is 5.75 Å². The van der Waals surface area contributed by atoms with Crippen LogP contribution >= 0.6 is 0 Å². The monoisotopic (exact) mass is 248 g/mol. The van der Waals surface area contributed by atoms with Crippen LogP contribution in [0.3, 0.4) is 0 Å². The second-order valence-corrected chi connectivity index (χ2v) is 4.26. The lowest BCUT2D eigenvalue weighted by Crippen LogP contribution is -2.32. The second-order valence-electron chi connectivity index (χ2n) is 4.26. The molecule has 4 N–H and O–H groups in total. The van der Waals surface area contributed by atoms with Gasteiger partial charge in [-0.2, -0.15) is 0 Å². The Hall–Kier alpha value is -2.01. The second kappa shape index (κ2) is 4.70. The highest BCUT2D eigenvalue weighted by atomic mass is 16.5. The van der Waals surface area contributed by atoms with Crippen molar-refractivity contribution in [3.05, 3.63) is 29.5 Å². The van der Waals surface area contributed by atoms with E-state index in [0.29, 0.717) is 0 Å². The molecule has 0 amide bonds. The molecule has 0 bridgehead atoms. The average Bonchev–Trinajstić information content (AvgIpc) is 2.65. The molecule has 0 saturated carbocycles. The number of aromatic nitrogens is 1. The van der Waals surface area contributed by atoms with Crippen LogP contribution in [-0.4, -0.2) is 29.2 Å². The van der Waals surface area contributed by atoms with Gasteiger partial charge in [0, 0.05) is 23.0 Å². The molecule has 5 heteroatoms. The molecule has 96 valence electrons. The van der Waals surface area contributed by atoms with E-state index in [0.717, 1.165) is 27.9 Å². The van der Waals surface area contributed by atoms with Crippen LogP contribution in [0.25, 0.3) is 10.9 Å². The lowest BCUT2D eigenvalue weighted by molar-refractivity contribution is -0.138. The summed E-state index contributed by atoms with van der Waals surface area (Å²) in [4.78, 5) is 14.1. The van der Waals surface area contributed by atoms with Crippen molar-refractivity contribution in [1.82, 2.24) is 4.98 Å². The van der Waals surface area contributed by atoms with Crippen LogP contribution in [0.15, 0.2) is 18.2 Å². The Bertz CT molecular complexity index is 589. The number of carboxylic acids is 1. The molecule has 0 unspecified atom stereocenters. The maximum atomic E-state index is 10.9. The summed E-state index contributed by atoms with van der Waals surface area (Å²) in [6.45, 7) is 1.91. The molecule has 0 fully saturated rings. The van der Waals surface area contributed by atoms with E-state index < -0.39 is 12.0 Å². The normalized spacial score (nSPS) is 12.6. The number of aliphatic carboxylic acids is 1. The molecule has 1 aromatic carbocycles. The number of carboxylic acid groups (broad SMARTS) is 1. The van der Waals surface area contributed by atoms with Gasteiger partial charge in [0.2, 0.25) is 0 Å². The first kappa shape index (κ1) is 12.4. The fraction of sp³-hybridized carbons (Fsp3) is 0.308. The molecule has 0 spiro atoms. The predicted molar refractivity (Wildman–Crippen MR) is 68.9 cm³/mol. The predicted octanol–water partition coefficient (Wildman–Crippen LogP) is 1.44. The number of nitrogens with two attached hydrogens (primary N) is 1. The van der Waals surface area contributed by atoms with Gasteiger partial charge in [0.05, 0.1) is 7.11 Å². The van der Waals surface area contributed by atoms with Gasteiger partial charge in [-0.25, -0.2) is 0 Å². The number of H-pyrrole nitrogens is 1. The largest absolute Gasteiger partial charge is 0.496 e. The Kier molecular flexibility index (Phi) is 3.25. The number of methoxy groups -OCH3 is 1. The van der Waals surface area contributed by atoms with Crippen LogP contribution in [0.2, 0.25) is 0 Å². The lowest BCUT2D eigenvalue weighted by atomic mass is 10.0. The number of ether oxygens (including phenoxy) is 1. The molecule has 0 aliphatic rings. The molecule has 0 aliphatic heterocycles. The summed E-state index contributed by atoms with van der Waals surface area (Å²) < 4.78 is 5.32. The number of carbonyl (C=O) groups is 1. The first-order valence-corrected chi connectivity index (χ1v) is 5.67. The molecule has 1 atom stereocenters. The number of hydrogen-bond donors (Lipinski definition) is 3. The van der Waals surface area contributed by atoms with Crippen molar-refractivity contribution in [1.29, 1.82) is 0 Å². The maximum Gasteiger partial charge on any atom is 0.320 e. The van der Waals surface area contributed by atoms with Crippen molar-refractivity contribution in [3.63, 3.8) is 0 Å². The number of rotatable bonds is 4. The van der Waals surface area contributed by atoms with Crippen molar-refractivity contribution in [2.45, 2.75) is 19.4 Å². The highest BCUT2D eigenvalue weighted by molar-refractivity contribution is 5.91. The molecule has 2 rings (SSSR count). The third-order valence-corrected chi connectivity index (χ3v) is 3.06. The maximum absolute atomic E-state index is 10.9. The molecular formula is C13H16N2O3. The van der Waals surface area contributed by atoms with E-state index in [4.69, 9.17) is 15.6 Å². The summed E-state index contributed by atoms with van der Waals surface area (Å²) in [5.74, 6) is -0.275.